The Kier molecular flexibility index (Phi) is 4.35. The summed E-state index contributed by atoms with van der Waals surface area (Å²) < 4.78 is 5.22. The summed E-state index contributed by atoms with van der Waals surface area (Å²) in [7, 11) is 1.49. The van der Waals surface area contributed by atoms with E-state index in [1.165, 1.54) is 7.05 Å². The van der Waals surface area contributed by atoms with Gasteiger partial charge in [-0.25, -0.2) is 9.59 Å². The molecule has 2 fully saturated rings. The van der Waals surface area contributed by atoms with Gasteiger partial charge in [-0.2, -0.15) is 0 Å². The average Bonchev–Trinajstić information content (AvgIpc) is 2.61. The second-order valence-electron chi connectivity index (χ2n) is 7.09. The molecule has 1 saturated carbocycles. The fourth-order valence-corrected chi connectivity index (χ4v) is 3.21. The number of amides is 4. The van der Waals surface area contributed by atoms with Gasteiger partial charge < -0.3 is 15.4 Å². The van der Waals surface area contributed by atoms with Crippen molar-refractivity contribution in [1.29, 1.82) is 0 Å². The molecule has 22 heavy (non-hydrogen) atoms. The van der Waals surface area contributed by atoms with Crippen molar-refractivity contribution in [1.82, 2.24) is 15.5 Å². The summed E-state index contributed by atoms with van der Waals surface area (Å²) >= 11 is 0. The van der Waals surface area contributed by atoms with Gasteiger partial charge in [-0.3, -0.25) is 9.69 Å². The predicted molar refractivity (Wildman–Crippen MR) is 80.2 cm³/mol. The van der Waals surface area contributed by atoms with Gasteiger partial charge in [0.1, 0.15) is 11.1 Å². The Hall–Kier alpha value is -1.79. The van der Waals surface area contributed by atoms with Gasteiger partial charge in [0.25, 0.3) is 5.91 Å². The van der Waals surface area contributed by atoms with E-state index in [9.17, 15) is 14.4 Å². The van der Waals surface area contributed by atoms with E-state index in [0.29, 0.717) is 13.0 Å². The van der Waals surface area contributed by atoms with E-state index < -0.39 is 17.2 Å². The van der Waals surface area contributed by atoms with Crippen molar-refractivity contribution in [3.8, 4) is 0 Å². The maximum Gasteiger partial charge on any atom is 0.407 e. The summed E-state index contributed by atoms with van der Waals surface area (Å²) in [5, 5.41) is 5.56. The number of ether oxygens (including phenoxy) is 1. The highest BCUT2D eigenvalue weighted by molar-refractivity contribution is 6.07. The highest BCUT2D eigenvalue weighted by Gasteiger charge is 2.55. The Labute approximate surface area is 130 Å². The first kappa shape index (κ1) is 16.6. The molecule has 0 bridgehead atoms. The van der Waals surface area contributed by atoms with Gasteiger partial charge >= 0.3 is 12.1 Å². The van der Waals surface area contributed by atoms with Gasteiger partial charge in [0.15, 0.2) is 0 Å². The largest absolute Gasteiger partial charge is 0.444 e. The SMILES string of the molecule is CN1C(=O)N[C@@]2(CCCC[C@H]2CNC(=O)OC(C)(C)C)C1=O. The van der Waals surface area contributed by atoms with Crippen LogP contribution in [0, 0.1) is 5.92 Å². The van der Waals surface area contributed by atoms with E-state index in [-0.39, 0.29) is 17.9 Å². The number of nitrogens with one attached hydrogen (secondary N) is 2. The van der Waals surface area contributed by atoms with Crippen LogP contribution in [-0.4, -0.2) is 47.7 Å². The van der Waals surface area contributed by atoms with Gasteiger partial charge in [-0.05, 0) is 33.6 Å². The monoisotopic (exact) mass is 311 g/mol. The van der Waals surface area contributed by atoms with Crippen molar-refractivity contribution in [2.24, 2.45) is 5.92 Å². The lowest BCUT2D eigenvalue weighted by molar-refractivity contribution is -0.133. The number of likely N-dealkylation sites (N-methyl/N-ethyl adjacent to an activating group) is 1. The first-order chi connectivity index (χ1) is 10.2. The molecule has 1 aliphatic heterocycles. The standard InChI is InChI=1S/C15H25N3O4/c1-14(2,3)22-13(21)16-9-10-7-5-6-8-15(10)11(19)18(4)12(20)17-15/h10H,5-9H2,1-4H3,(H,16,21)(H,17,20)/t10-,15+/m0/s1. The van der Waals surface area contributed by atoms with Gasteiger partial charge in [-0.1, -0.05) is 12.8 Å². The molecule has 2 atom stereocenters. The van der Waals surface area contributed by atoms with Crippen LogP contribution in [0.1, 0.15) is 46.5 Å². The molecule has 1 aliphatic carbocycles. The summed E-state index contributed by atoms with van der Waals surface area (Å²) in [4.78, 5) is 37.2. The molecule has 0 aromatic rings. The summed E-state index contributed by atoms with van der Waals surface area (Å²) in [5.74, 6) is -0.316. The van der Waals surface area contributed by atoms with Crippen LogP contribution < -0.4 is 10.6 Å². The highest BCUT2D eigenvalue weighted by Crippen LogP contribution is 2.37. The number of carbonyl (C=O) groups excluding carboxylic acids is 3. The fraction of sp³-hybridized carbons (Fsp3) is 0.800. The first-order valence-electron chi connectivity index (χ1n) is 7.73. The van der Waals surface area contributed by atoms with E-state index in [1.54, 1.807) is 20.8 Å². The molecule has 0 radical (unpaired) electrons. The van der Waals surface area contributed by atoms with Crippen molar-refractivity contribution >= 4 is 18.0 Å². The minimum Gasteiger partial charge on any atom is -0.444 e. The van der Waals surface area contributed by atoms with Gasteiger partial charge in [-0.15, -0.1) is 0 Å². The molecule has 7 heteroatoms. The Morgan fingerprint density at radius 1 is 1.41 bits per heavy atom. The number of rotatable bonds is 2. The van der Waals surface area contributed by atoms with Gasteiger partial charge in [0.05, 0.1) is 0 Å². The molecule has 2 aliphatic rings. The third kappa shape index (κ3) is 3.18. The summed E-state index contributed by atoms with van der Waals surface area (Å²) in [6.07, 6.45) is 2.77. The second-order valence-corrected chi connectivity index (χ2v) is 7.09. The Morgan fingerprint density at radius 3 is 2.64 bits per heavy atom. The van der Waals surface area contributed by atoms with Crippen molar-refractivity contribution in [3.05, 3.63) is 0 Å². The lowest BCUT2D eigenvalue weighted by atomic mass is 9.72. The number of carbonyl (C=O) groups is 3. The minimum atomic E-state index is -0.876. The van der Waals surface area contributed by atoms with Gasteiger partial charge in [0.2, 0.25) is 0 Å². The van der Waals surface area contributed by atoms with Crippen LogP contribution in [0.15, 0.2) is 0 Å². The van der Waals surface area contributed by atoms with Crippen molar-refractivity contribution < 1.29 is 19.1 Å². The molecule has 2 N–H and O–H groups in total. The quantitative estimate of drug-likeness (QED) is 0.759. The summed E-state index contributed by atoms with van der Waals surface area (Å²) in [6.45, 7) is 5.70. The lowest BCUT2D eigenvalue weighted by Crippen LogP contribution is -2.57. The van der Waals surface area contributed by atoms with Crippen LogP contribution in [0.2, 0.25) is 0 Å². The molecule has 0 aromatic carbocycles. The van der Waals surface area contributed by atoms with Crippen molar-refractivity contribution in [2.45, 2.75) is 57.6 Å². The van der Waals surface area contributed by atoms with Crippen molar-refractivity contribution in [2.75, 3.05) is 13.6 Å². The molecular weight excluding hydrogens is 286 g/mol. The third-order valence-electron chi connectivity index (χ3n) is 4.28. The maximum absolute atomic E-state index is 12.5. The molecule has 1 spiro atoms. The van der Waals surface area contributed by atoms with Crippen LogP contribution in [0.25, 0.3) is 0 Å². The zero-order valence-electron chi connectivity index (χ0n) is 13.7. The van der Waals surface area contributed by atoms with E-state index >= 15 is 0 Å². The number of hydrogen-bond acceptors (Lipinski definition) is 4. The van der Waals surface area contributed by atoms with Crippen LogP contribution >= 0.6 is 0 Å². The number of hydrogen-bond donors (Lipinski definition) is 2. The second kappa shape index (κ2) is 5.78. The smallest absolute Gasteiger partial charge is 0.407 e. The summed E-state index contributed by atoms with van der Waals surface area (Å²) in [5.41, 5.74) is -1.44. The molecule has 4 amide bonds. The van der Waals surface area contributed by atoms with E-state index in [1.807, 2.05) is 0 Å². The lowest BCUT2D eigenvalue weighted by Gasteiger charge is -2.39. The first-order valence-corrected chi connectivity index (χ1v) is 7.73. The highest BCUT2D eigenvalue weighted by atomic mass is 16.6. The Bertz CT molecular complexity index is 486. The predicted octanol–water partition coefficient (Wildman–Crippen LogP) is 1.62. The number of nitrogens with zero attached hydrogens (tertiary/aromatic N) is 1. The topological polar surface area (TPSA) is 87.7 Å². The van der Waals surface area contributed by atoms with Crippen LogP contribution in [0.4, 0.5) is 9.59 Å². The Balaban J connectivity index is 2.04. The Morgan fingerprint density at radius 2 is 2.09 bits per heavy atom. The molecule has 0 unspecified atom stereocenters. The number of imide groups is 1. The minimum absolute atomic E-state index is 0.116. The third-order valence-corrected chi connectivity index (χ3v) is 4.28. The number of urea groups is 1. The van der Waals surface area contributed by atoms with Crippen LogP contribution in [-0.2, 0) is 9.53 Å². The van der Waals surface area contributed by atoms with E-state index in [4.69, 9.17) is 4.74 Å². The molecular formula is C15H25N3O4. The van der Waals surface area contributed by atoms with E-state index in [0.717, 1.165) is 24.2 Å². The molecule has 1 saturated heterocycles. The maximum atomic E-state index is 12.5. The normalized spacial score (nSPS) is 28.7. The van der Waals surface area contributed by atoms with E-state index in [2.05, 4.69) is 10.6 Å². The summed E-state index contributed by atoms with van der Waals surface area (Å²) in [6, 6.07) is -0.367. The molecule has 1 heterocycles. The van der Waals surface area contributed by atoms with Gasteiger partial charge in [0, 0.05) is 19.5 Å². The molecule has 0 aromatic heterocycles. The average molecular weight is 311 g/mol. The molecule has 2 rings (SSSR count). The zero-order chi connectivity index (χ0) is 16.5. The van der Waals surface area contributed by atoms with Crippen molar-refractivity contribution in [3.63, 3.8) is 0 Å². The van der Waals surface area contributed by atoms with Crippen LogP contribution in [0.5, 0.6) is 0 Å². The zero-order valence-corrected chi connectivity index (χ0v) is 13.7. The van der Waals surface area contributed by atoms with Crippen LogP contribution in [0.3, 0.4) is 0 Å². The molecule has 7 nitrogen and oxygen atoms in total. The molecule has 124 valence electrons. The fourth-order valence-electron chi connectivity index (χ4n) is 3.21. The number of alkyl carbamates (subject to hydrolysis) is 1.